The van der Waals surface area contributed by atoms with Gasteiger partial charge in [-0.05, 0) is 6.92 Å². The Kier molecular flexibility index (Phi) is 3.46. The summed E-state index contributed by atoms with van der Waals surface area (Å²) in [6.45, 7) is 2.67. The Morgan fingerprint density at radius 1 is 1.60 bits per heavy atom. The Hall–Kier alpha value is -1.06. The molecule has 0 heterocycles. The van der Waals surface area contributed by atoms with E-state index in [1.54, 1.807) is 0 Å². The molecular weight excluding hydrogens is 136 g/mol. The smallest absolute Gasteiger partial charge is 0.309 e. The molecule has 0 unspecified atom stereocenters. The third kappa shape index (κ3) is 3.88. The average molecular weight is 146 g/mol. The van der Waals surface area contributed by atoms with Gasteiger partial charge in [0.15, 0.2) is 0 Å². The van der Waals surface area contributed by atoms with Crippen molar-refractivity contribution in [1.82, 2.24) is 0 Å². The summed E-state index contributed by atoms with van der Waals surface area (Å²) in [4.78, 5) is 20.3. The number of hydrogen-bond acceptors (Lipinski definition) is 3. The summed E-state index contributed by atoms with van der Waals surface area (Å²) in [5.41, 5.74) is 0. The quantitative estimate of drug-likeness (QED) is 0.580. The summed E-state index contributed by atoms with van der Waals surface area (Å²) < 4.78 is 4.45. The highest BCUT2D eigenvalue weighted by Gasteiger charge is 2.11. The molecule has 0 aromatic rings. The summed E-state index contributed by atoms with van der Waals surface area (Å²) in [7, 11) is 0. The molecule has 0 aliphatic carbocycles. The fourth-order valence-electron chi connectivity index (χ4n) is 0.314. The van der Waals surface area contributed by atoms with Crippen molar-refractivity contribution in [2.45, 2.75) is 13.8 Å². The van der Waals surface area contributed by atoms with Gasteiger partial charge in [0, 0.05) is 6.92 Å². The maximum absolute atomic E-state index is 10.2. The second kappa shape index (κ2) is 3.87. The highest BCUT2D eigenvalue weighted by Crippen LogP contribution is 1.94. The van der Waals surface area contributed by atoms with E-state index >= 15 is 0 Å². The summed E-state index contributed by atoms with van der Waals surface area (Å²) in [5.74, 6) is -2.03. The SMILES string of the molecule is CC(=O)OC[C@@H](C)C(=O)O. The molecule has 0 saturated carbocycles. The molecule has 0 aromatic heterocycles. The average Bonchev–Trinajstić information content (AvgIpc) is 1.82. The zero-order valence-corrected chi connectivity index (χ0v) is 5.96. The topological polar surface area (TPSA) is 63.6 Å². The Morgan fingerprint density at radius 3 is 2.40 bits per heavy atom. The normalized spacial score (nSPS) is 12.2. The van der Waals surface area contributed by atoms with Crippen LogP contribution in [0.5, 0.6) is 0 Å². The third-order valence-corrected chi connectivity index (χ3v) is 0.958. The van der Waals surface area contributed by atoms with Crippen LogP contribution < -0.4 is 0 Å². The second-order valence-electron chi connectivity index (χ2n) is 2.04. The number of ether oxygens (including phenoxy) is 1. The maximum atomic E-state index is 10.2. The lowest BCUT2D eigenvalue weighted by Gasteiger charge is -2.04. The third-order valence-electron chi connectivity index (χ3n) is 0.958. The van der Waals surface area contributed by atoms with Crippen molar-refractivity contribution in [1.29, 1.82) is 0 Å². The molecule has 0 saturated heterocycles. The Bertz CT molecular complexity index is 141. The molecule has 58 valence electrons. The van der Waals surface area contributed by atoms with E-state index in [-0.39, 0.29) is 6.61 Å². The first-order valence-corrected chi connectivity index (χ1v) is 2.90. The summed E-state index contributed by atoms with van der Waals surface area (Å²) >= 11 is 0. The van der Waals surface area contributed by atoms with Crippen LogP contribution in [0.3, 0.4) is 0 Å². The minimum atomic E-state index is -0.957. The van der Waals surface area contributed by atoms with E-state index in [4.69, 9.17) is 5.11 Å². The monoisotopic (exact) mass is 146 g/mol. The van der Waals surface area contributed by atoms with Gasteiger partial charge < -0.3 is 9.84 Å². The van der Waals surface area contributed by atoms with Crippen LogP contribution in [-0.2, 0) is 14.3 Å². The molecule has 0 aromatic carbocycles. The Morgan fingerprint density at radius 2 is 2.10 bits per heavy atom. The fraction of sp³-hybridized carbons (Fsp3) is 0.667. The second-order valence-corrected chi connectivity index (χ2v) is 2.04. The van der Waals surface area contributed by atoms with Crippen molar-refractivity contribution < 1.29 is 19.4 Å². The molecule has 1 N–H and O–H groups in total. The number of esters is 1. The lowest BCUT2D eigenvalue weighted by molar-refractivity contribution is -0.148. The largest absolute Gasteiger partial charge is 0.481 e. The summed E-state index contributed by atoms with van der Waals surface area (Å²) in [6.07, 6.45) is 0. The van der Waals surface area contributed by atoms with E-state index in [1.165, 1.54) is 13.8 Å². The van der Waals surface area contributed by atoms with Gasteiger partial charge in [0.2, 0.25) is 0 Å². The zero-order valence-electron chi connectivity index (χ0n) is 5.96. The van der Waals surface area contributed by atoms with Crippen LogP contribution >= 0.6 is 0 Å². The van der Waals surface area contributed by atoms with Crippen LogP contribution in [0.4, 0.5) is 0 Å². The standard InChI is InChI=1S/C6H10O4/c1-4(6(8)9)3-10-5(2)7/h4H,3H2,1-2H3,(H,8,9)/t4-/m1/s1. The molecule has 0 bridgehead atoms. The molecule has 10 heavy (non-hydrogen) atoms. The van der Waals surface area contributed by atoms with Crippen LogP contribution in [0.2, 0.25) is 0 Å². The van der Waals surface area contributed by atoms with Crippen LogP contribution in [-0.4, -0.2) is 23.7 Å². The van der Waals surface area contributed by atoms with Crippen molar-refractivity contribution in [3.05, 3.63) is 0 Å². The van der Waals surface area contributed by atoms with E-state index in [9.17, 15) is 9.59 Å². The van der Waals surface area contributed by atoms with Gasteiger partial charge in [-0.3, -0.25) is 9.59 Å². The van der Waals surface area contributed by atoms with Gasteiger partial charge in [-0.1, -0.05) is 0 Å². The van der Waals surface area contributed by atoms with Gasteiger partial charge in [0.1, 0.15) is 6.61 Å². The number of aliphatic carboxylic acids is 1. The fourth-order valence-corrected chi connectivity index (χ4v) is 0.314. The van der Waals surface area contributed by atoms with Crippen LogP contribution in [0.1, 0.15) is 13.8 Å². The number of rotatable bonds is 3. The predicted octanol–water partition coefficient (Wildman–Crippen LogP) is 0.270. The number of carboxylic acid groups (broad SMARTS) is 1. The highest BCUT2D eigenvalue weighted by molar-refractivity contribution is 5.70. The van der Waals surface area contributed by atoms with Crippen LogP contribution in [0.25, 0.3) is 0 Å². The molecule has 0 aliphatic rings. The molecule has 0 aliphatic heterocycles. The number of carbonyl (C=O) groups is 2. The van der Waals surface area contributed by atoms with E-state index < -0.39 is 17.9 Å². The van der Waals surface area contributed by atoms with Gasteiger partial charge in [0.25, 0.3) is 0 Å². The predicted molar refractivity (Wildman–Crippen MR) is 33.4 cm³/mol. The summed E-state index contributed by atoms with van der Waals surface area (Å²) in [6, 6.07) is 0. The molecule has 0 rings (SSSR count). The van der Waals surface area contributed by atoms with Gasteiger partial charge in [-0.15, -0.1) is 0 Å². The van der Waals surface area contributed by atoms with Crippen molar-refractivity contribution in [3.63, 3.8) is 0 Å². The Balaban J connectivity index is 3.49. The zero-order chi connectivity index (χ0) is 8.15. The molecule has 0 radical (unpaired) electrons. The molecule has 0 fully saturated rings. The van der Waals surface area contributed by atoms with Crippen LogP contribution in [0, 0.1) is 5.92 Å². The first kappa shape index (κ1) is 8.94. The van der Waals surface area contributed by atoms with Crippen molar-refractivity contribution >= 4 is 11.9 Å². The number of hydrogen-bond donors (Lipinski definition) is 1. The van der Waals surface area contributed by atoms with E-state index in [0.717, 1.165) is 0 Å². The van der Waals surface area contributed by atoms with Crippen molar-refractivity contribution in [2.24, 2.45) is 5.92 Å². The van der Waals surface area contributed by atoms with Gasteiger partial charge in [-0.2, -0.15) is 0 Å². The van der Waals surface area contributed by atoms with Gasteiger partial charge in [0.05, 0.1) is 5.92 Å². The van der Waals surface area contributed by atoms with E-state index in [0.29, 0.717) is 0 Å². The molecule has 4 nitrogen and oxygen atoms in total. The summed E-state index contributed by atoms with van der Waals surface area (Å²) in [5, 5.41) is 8.30. The van der Waals surface area contributed by atoms with Gasteiger partial charge >= 0.3 is 11.9 Å². The van der Waals surface area contributed by atoms with Crippen molar-refractivity contribution in [2.75, 3.05) is 6.61 Å². The van der Waals surface area contributed by atoms with E-state index in [2.05, 4.69) is 4.74 Å². The van der Waals surface area contributed by atoms with Gasteiger partial charge in [-0.25, -0.2) is 0 Å². The van der Waals surface area contributed by atoms with Crippen LogP contribution in [0.15, 0.2) is 0 Å². The van der Waals surface area contributed by atoms with Crippen molar-refractivity contribution in [3.8, 4) is 0 Å². The highest BCUT2D eigenvalue weighted by atomic mass is 16.5. The minimum Gasteiger partial charge on any atom is -0.481 e. The number of carboxylic acids is 1. The van der Waals surface area contributed by atoms with E-state index in [1.807, 2.05) is 0 Å². The minimum absolute atomic E-state index is 0.0509. The molecule has 4 heteroatoms. The maximum Gasteiger partial charge on any atom is 0.309 e. The lowest BCUT2D eigenvalue weighted by Crippen LogP contribution is -2.17. The molecule has 1 atom stereocenters. The lowest BCUT2D eigenvalue weighted by atomic mass is 10.2. The first-order chi connectivity index (χ1) is 4.54. The first-order valence-electron chi connectivity index (χ1n) is 2.90. The number of carbonyl (C=O) groups excluding carboxylic acids is 1. The molecule has 0 amide bonds. The Labute approximate surface area is 58.8 Å². The molecular formula is C6H10O4. The molecule has 0 spiro atoms.